The number of phenols is 1. The lowest BCUT2D eigenvalue weighted by Crippen LogP contribution is -2.28. The number of amides is 1. The van der Waals surface area contributed by atoms with Crippen LogP contribution in [0.1, 0.15) is 21.5 Å². The van der Waals surface area contributed by atoms with Gasteiger partial charge in [0.2, 0.25) is 0 Å². The van der Waals surface area contributed by atoms with Crippen LogP contribution in [-0.2, 0) is 0 Å². The molecule has 0 fully saturated rings. The van der Waals surface area contributed by atoms with Gasteiger partial charge in [0.25, 0.3) is 5.91 Å². The van der Waals surface area contributed by atoms with E-state index in [9.17, 15) is 9.90 Å². The number of hydrogen-bond donors (Lipinski definition) is 1. The largest absolute Gasteiger partial charge is 0.505 e. The van der Waals surface area contributed by atoms with Crippen LogP contribution >= 0.6 is 46.4 Å². The summed E-state index contributed by atoms with van der Waals surface area (Å²) in [4.78, 5) is 14.3. The third kappa shape index (κ3) is 2.93. The van der Waals surface area contributed by atoms with E-state index in [1.807, 2.05) is 0 Å². The molecule has 0 aromatic heterocycles. The fourth-order valence-corrected chi connectivity index (χ4v) is 3.50. The fourth-order valence-electron chi connectivity index (χ4n) is 2.55. The molecule has 1 heterocycles. The first-order valence-electron chi connectivity index (χ1n) is 7.07. The van der Waals surface area contributed by atoms with Gasteiger partial charge in [-0.2, -0.15) is 0 Å². The van der Waals surface area contributed by atoms with Gasteiger partial charge < -0.3 is 9.84 Å². The number of nitrogens with zero attached hydrogens (tertiary/aromatic N) is 1. The Labute approximate surface area is 164 Å². The topological polar surface area (TPSA) is 49.8 Å². The molecule has 0 radical (unpaired) electrons. The van der Waals surface area contributed by atoms with Crippen LogP contribution in [0.2, 0.25) is 20.1 Å². The second kappa shape index (κ2) is 6.61. The van der Waals surface area contributed by atoms with E-state index in [1.54, 1.807) is 13.8 Å². The summed E-state index contributed by atoms with van der Waals surface area (Å²) in [5.41, 5.74) is 1.94. The first-order chi connectivity index (χ1) is 11.7. The Morgan fingerprint density at radius 2 is 1.64 bits per heavy atom. The number of anilines is 1. The van der Waals surface area contributed by atoms with Gasteiger partial charge in [0.1, 0.15) is 6.26 Å². The fraction of sp³-hybridized carbons (Fsp3) is 0.118. The minimum atomic E-state index is -0.427. The molecular formula is C17H11Cl4NO3. The standard InChI is InChI=1S/C17H11Cl4NO3/c1-7-12(20)8(2)14-16(13(7)21)25-4-3-22(14)17(24)9-5-10(18)15(23)11(19)6-9/h3-6,23H,1-2H3. The van der Waals surface area contributed by atoms with E-state index in [4.69, 9.17) is 51.1 Å². The number of benzene rings is 2. The summed E-state index contributed by atoms with van der Waals surface area (Å²) in [5.74, 6) is -0.368. The lowest BCUT2D eigenvalue weighted by atomic mass is 10.1. The second-order valence-electron chi connectivity index (χ2n) is 5.42. The first kappa shape index (κ1) is 18.2. The zero-order valence-corrected chi connectivity index (χ0v) is 16.1. The Morgan fingerprint density at radius 1 is 1.04 bits per heavy atom. The highest BCUT2D eigenvalue weighted by atomic mass is 35.5. The molecule has 0 saturated heterocycles. The SMILES string of the molecule is Cc1c(Cl)c(C)c2c(c1Cl)OC=CN2C(=O)c1cc(Cl)c(O)c(Cl)c1. The monoisotopic (exact) mass is 417 g/mol. The van der Waals surface area contributed by atoms with Gasteiger partial charge in [0, 0.05) is 11.8 Å². The molecule has 0 saturated carbocycles. The molecule has 0 spiro atoms. The summed E-state index contributed by atoms with van der Waals surface area (Å²) in [6.07, 6.45) is 2.80. The lowest BCUT2D eigenvalue weighted by Gasteiger charge is -2.28. The van der Waals surface area contributed by atoms with Crippen LogP contribution in [0, 0.1) is 13.8 Å². The molecule has 4 nitrogen and oxygen atoms in total. The van der Waals surface area contributed by atoms with E-state index < -0.39 is 5.91 Å². The molecule has 1 aliphatic rings. The summed E-state index contributed by atoms with van der Waals surface area (Å²) < 4.78 is 5.50. The molecule has 3 rings (SSSR count). The van der Waals surface area contributed by atoms with Crippen molar-refractivity contribution in [2.75, 3.05) is 4.90 Å². The molecule has 2 aromatic carbocycles. The van der Waals surface area contributed by atoms with Crippen LogP contribution < -0.4 is 9.64 Å². The minimum Gasteiger partial charge on any atom is -0.505 e. The van der Waals surface area contributed by atoms with Crippen molar-refractivity contribution in [1.29, 1.82) is 0 Å². The zero-order chi connectivity index (χ0) is 18.5. The van der Waals surface area contributed by atoms with Gasteiger partial charge in [-0.15, -0.1) is 0 Å². The van der Waals surface area contributed by atoms with Crippen molar-refractivity contribution < 1.29 is 14.6 Å². The predicted octanol–water partition coefficient (Wildman–Crippen LogP) is 6.13. The van der Waals surface area contributed by atoms with Gasteiger partial charge in [-0.25, -0.2) is 0 Å². The Morgan fingerprint density at radius 3 is 2.24 bits per heavy atom. The van der Waals surface area contributed by atoms with E-state index in [0.29, 0.717) is 32.6 Å². The molecule has 0 atom stereocenters. The molecular weight excluding hydrogens is 408 g/mol. The number of rotatable bonds is 1. The number of phenolic OH excluding ortho intramolecular Hbond substituents is 1. The van der Waals surface area contributed by atoms with Gasteiger partial charge in [-0.3, -0.25) is 9.69 Å². The number of halogens is 4. The average Bonchev–Trinajstić information content (AvgIpc) is 2.60. The van der Waals surface area contributed by atoms with Gasteiger partial charge in [0.05, 0.1) is 25.8 Å². The van der Waals surface area contributed by atoms with E-state index in [2.05, 4.69) is 0 Å². The van der Waals surface area contributed by atoms with Crippen LogP contribution in [0.25, 0.3) is 0 Å². The third-order valence-corrected chi connectivity index (χ3v) is 5.48. The van der Waals surface area contributed by atoms with Crippen molar-refractivity contribution in [2.45, 2.75) is 13.8 Å². The van der Waals surface area contributed by atoms with Crippen LogP contribution in [0.15, 0.2) is 24.6 Å². The minimum absolute atomic E-state index is 0.0231. The van der Waals surface area contributed by atoms with Gasteiger partial charge in [0.15, 0.2) is 11.5 Å². The summed E-state index contributed by atoms with van der Waals surface area (Å²) in [6, 6.07) is 2.67. The van der Waals surface area contributed by atoms with Crippen LogP contribution in [0.5, 0.6) is 11.5 Å². The first-order valence-corrected chi connectivity index (χ1v) is 8.58. The predicted molar refractivity (Wildman–Crippen MR) is 101 cm³/mol. The lowest BCUT2D eigenvalue weighted by molar-refractivity contribution is 0.0995. The number of carbonyl (C=O) groups excluding carboxylic acids is 1. The number of ether oxygens (including phenoxy) is 1. The Kier molecular flexibility index (Phi) is 4.82. The van der Waals surface area contributed by atoms with Gasteiger partial charge in [-0.05, 0) is 37.1 Å². The molecule has 130 valence electrons. The van der Waals surface area contributed by atoms with Crippen molar-refractivity contribution in [3.8, 4) is 11.5 Å². The number of fused-ring (bicyclic) bond motifs is 1. The number of aromatic hydroxyl groups is 1. The van der Waals surface area contributed by atoms with E-state index in [0.717, 1.165) is 0 Å². The molecule has 8 heteroatoms. The maximum atomic E-state index is 13.0. The third-order valence-electron chi connectivity index (χ3n) is 3.88. The van der Waals surface area contributed by atoms with E-state index in [-0.39, 0.29) is 21.4 Å². The van der Waals surface area contributed by atoms with Crippen molar-refractivity contribution >= 4 is 58.0 Å². The summed E-state index contributed by atoms with van der Waals surface area (Å²) in [6.45, 7) is 3.54. The Balaban J connectivity index is 2.16. The molecule has 1 amide bonds. The van der Waals surface area contributed by atoms with Crippen molar-refractivity contribution in [2.24, 2.45) is 0 Å². The maximum absolute atomic E-state index is 13.0. The second-order valence-corrected chi connectivity index (χ2v) is 6.99. The van der Waals surface area contributed by atoms with E-state index >= 15 is 0 Å². The average molecular weight is 419 g/mol. The van der Waals surface area contributed by atoms with Crippen molar-refractivity contribution in [3.63, 3.8) is 0 Å². The molecule has 1 N–H and O–H groups in total. The molecule has 2 aromatic rings. The Bertz CT molecular complexity index is 917. The van der Waals surface area contributed by atoms with Crippen LogP contribution in [-0.4, -0.2) is 11.0 Å². The molecule has 0 aliphatic carbocycles. The molecule has 0 unspecified atom stereocenters. The van der Waals surface area contributed by atoms with Gasteiger partial charge >= 0.3 is 0 Å². The zero-order valence-electron chi connectivity index (χ0n) is 13.0. The maximum Gasteiger partial charge on any atom is 0.262 e. The molecule has 1 aliphatic heterocycles. The number of hydrogen-bond acceptors (Lipinski definition) is 3. The van der Waals surface area contributed by atoms with Gasteiger partial charge in [-0.1, -0.05) is 46.4 Å². The normalized spacial score (nSPS) is 12.8. The summed E-state index contributed by atoms with van der Waals surface area (Å²) >= 11 is 24.5. The van der Waals surface area contributed by atoms with Crippen molar-refractivity contribution in [1.82, 2.24) is 0 Å². The smallest absolute Gasteiger partial charge is 0.262 e. The summed E-state index contributed by atoms with van der Waals surface area (Å²) in [5, 5.41) is 10.4. The molecule has 25 heavy (non-hydrogen) atoms. The molecule has 0 bridgehead atoms. The quantitative estimate of drug-likeness (QED) is 0.605. The van der Waals surface area contributed by atoms with E-state index in [1.165, 1.54) is 29.5 Å². The number of carbonyl (C=O) groups is 1. The highest BCUT2D eigenvalue weighted by Crippen LogP contribution is 2.47. The van der Waals surface area contributed by atoms with Crippen LogP contribution in [0.3, 0.4) is 0 Å². The van der Waals surface area contributed by atoms with Crippen molar-refractivity contribution in [3.05, 3.63) is 61.4 Å². The van der Waals surface area contributed by atoms with Crippen LogP contribution in [0.4, 0.5) is 5.69 Å². The highest BCUT2D eigenvalue weighted by Gasteiger charge is 2.29. The highest BCUT2D eigenvalue weighted by molar-refractivity contribution is 6.39. The summed E-state index contributed by atoms with van der Waals surface area (Å²) in [7, 11) is 0. The Hall–Kier alpha value is -1.59.